The predicted octanol–water partition coefficient (Wildman–Crippen LogP) is 3.89. The highest BCUT2D eigenvalue weighted by Gasteiger charge is 2.14. The Bertz CT molecular complexity index is 777. The average molecular weight is 360 g/mol. The maximum Gasteiger partial charge on any atom is 0.258 e. The molecule has 0 bridgehead atoms. The van der Waals surface area contributed by atoms with Crippen LogP contribution in [0, 0.1) is 0 Å². The zero-order valence-electron chi connectivity index (χ0n) is 14.3. The molecule has 0 spiro atoms. The van der Waals surface area contributed by atoms with Crippen LogP contribution >= 0.6 is 12.4 Å². The molecule has 3 aromatic rings. The molecule has 2 aromatic carbocycles. The zero-order valence-corrected chi connectivity index (χ0v) is 15.1. The van der Waals surface area contributed by atoms with Gasteiger partial charge in [-0.05, 0) is 32.2 Å². The molecular formula is C19H22ClN3O2. The Hall–Kier alpha value is -2.37. The summed E-state index contributed by atoms with van der Waals surface area (Å²) in [5.41, 5.74) is 1.92. The normalized spacial score (nSPS) is 11.6. The highest BCUT2D eigenvalue weighted by Crippen LogP contribution is 2.23. The molecule has 0 aliphatic heterocycles. The lowest BCUT2D eigenvalue weighted by molar-refractivity contribution is 0.306. The Labute approximate surface area is 153 Å². The van der Waals surface area contributed by atoms with Gasteiger partial charge in [0.2, 0.25) is 0 Å². The third kappa shape index (κ3) is 5.05. The molecule has 0 aliphatic rings. The third-order valence-corrected chi connectivity index (χ3v) is 3.83. The number of rotatable bonds is 7. The molecule has 132 valence electrons. The van der Waals surface area contributed by atoms with E-state index in [0.29, 0.717) is 24.4 Å². The number of halogens is 1. The van der Waals surface area contributed by atoms with Crippen LogP contribution in [0.1, 0.15) is 18.3 Å². The highest BCUT2D eigenvalue weighted by molar-refractivity contribution is 5.85. The summed E-state index contributed by atoms with van der Waals surface area (Å²) in [5.74, 6) is 2.06. The van der Waals surface area contributed by atoms with Crippen molar-refractivity contribution in [2.75, 3.05) is 7.05 Å². The van der Waals surface area contributed by atoms with Gasteiger partial charge in [-0.1, -0.05) is 41.6 Å². The van der Waals surface area contributed by atoms with E-state index >= 15 is 0 Å². The molecule has 3 rings (SSSR count). The van der Waals surface area contributed by atoms with E-state index in [1.54, 1.807) is 0 Å². The third-order valence-electron chi connectivity index (χ3n) is 3.83. The van der Waals surface area contributed by atoms with Crippen LogP contribution in [-0.4, -0.2) is 23.2 Å². The first kappa shape index (κ1) is 19.0. The number of ether oxygens (including phenoxy) is 1. The molecule has 0 fully saturated rings. The summed E-state index contributed by atoms with van der Waals surface area (Å²) in [6.07, 6.45) is 0.725. The molecule has 1 unspecified atom stereocenters. The van der Waals surface area contributed by atoms with Crippen molar-refractivity contribution in [3.63, 3.8) is 0 Å². The van der Waals surface area contributed by atoms with Gasteiger partial charge in [-0.2, -0.15) is 4.98 Å². The Balaban J connectivity index is 0.00000225. The maximum atomic E-state index is 5.84. The van der Waals surface area contributed by atoms with Crippen molar-refractivity contribution in [1.29, 1.82) is 0 Å². The molecule has 0 saturated carbocycles. The number of likely N-dealkylation sites (N-methyl/N-ethyl adjacent to an activating group) is 1. The van der Waals surface area contributed by atoms with Gasteiger partial charge in [0.05, 0.1) is 0 Å². The fourth-order valence-corrected chi connectivity index (χ4v) is 2.35. The second-order valence-corrected chi connectivity index (χ2v) is 5.67. The fraction of sp³-hybridized carbons (Fsp3) is 0.263. The lowest BCUT2D eigenvalue weighted by Crippen LogP contribution is -2.24. The summed E-state index contributed by atoms with van der Waals surface area (Å²) in [6, 6.07) is 18.0. The van der Waals surface area contributed by atoms with E-state index in [4.69, 9.17) is 9.26 Å². The maximum absolute atomic E-state index is 5.84. The van der Waals surface area contributed by atoms with Crippen LogP contribution in [0.2, 0.25) is 0 Å². The van der Waals surface area contributed by atoms with Crippen LogP contribution in [0.3, 0.4) is 0 Å². The lowest BCUT2D eigenvalue weighted by atomic mass is 10.1. The van der Waals surface area contributed by atoms with E-state index in [2.05, 4.69) is 22.4 Å². The highest BCUT2D eigenvalue weighted by atomic mass is 35.5. The van der Waals surface area contributed by atoms with E-state index in [1.165, 1.54) is 0 Å². The van der Waals surface area contributed by atoms with Crippen LogP contribution in [0.5, 0.6) is 5.75 Å². The van der Waals surface area contributed by atoms with E-state index in [1.807, 2.05) is 61.6 Å². The molecule has 1 atom stereocenters. The smallest absolute Gasteiger partial charge is 0.258 e. The summed E-state index contributed by atoms with van der Waals surface area (Å²) >= 11 is 0. The van der Waals surface area contributed by atoms with Gasteiger partial charge < -0.3 is 14.6 Å². The summed E-state index contributed by atoms with van der Waals surface area (Å²) in [7, 11) is 1.92. The molecule has 1 aromatic heterocycles. The monoisotopic (exact) mass is 359 g/mol. The molecule has 6 heteroatoms. The quantitative estimate of drug-likeness (QED) is 0.693. The Morgan fingerprint density at radius 2 is 1.80 bits per heavy atom. The molecule has 1 N–H and O–H groups in total. The second-order valence-electron chi connectivity index (χ2n) is 5.67. The minimum absolute atomic E-state index is 0. The standard InChI is InChI=1S/C19H21N3O2.ClH/c1-14(20-2)12-18-21-19(24-22-18)17-11-7-6-8-15(17)13-23-16-9-4-3-5-10-16;/h3-11,14,20H,12-13H2,1-2H3;1H. The number of nitrogens with one attached hydrogen (secondary N) is 1. The second kappa shape index (κ2) is 9.20. The molecule has 0 aliphatic carbocycles. The first-order chi connectivity index (χ1) is 11.8. The average Bonchev–Trinajstić information content (AvgIpc) is 3.09. The van der Waals surface area contributed by atoms with Crippen molar-refractivity contribution in [1.82, 2.24) is 15.5 Å². The van der Waals surface area contributed by atoms with Gasteiger partial charge >= 0.3 is 0 Å². The first-order valence-corrected chi connectivity index (χ1v) is 8.02. The van der Waals surface area contributed by atoms with Gasteiger partial charge in [-0.3, -0.25) is 0 Å². The summed E-state index contributed by atoms with van der Waals surface area (Å²) < 4.78 is 11.3. The SMILES string of the molecule is CNC(C)Cc1noc(-c2ccccc2COc2ccccc2)n1.Cl. The van der Waals surface area contributed by atoms with Crippen LogP contribution < -0.4 is 10.1 Å². The van der Waals surface area contributed by atoms with Crippen molar-refractivity contribution in [3.8, 4) is 17.2 Å². The Morgan fingerprint density at radius 1 is 1.08 bits per heavy atom. The van der Waals surface area contributed by atoms with E-state index < -0.39 is 0 Å². The number of nitrogens with zero attached hydrogens (tertiary/aromatic N) is 2. The van der Waals surface area contributed by atoms with Crippen LogP contribution in [0.15, 0.2) is 59.1 Å². The minimum Gasteiger partial charge on any atom is -0.489 e. The molecule has 0 saturated heterocycles. The summed E-state index contributed by atoms with van der Waals surface area (Å²) in [4.78, 5) is 4.51. The van der Waals surface area contributed by atoms with Gasteiger partial charge in [0.25, 0.3) is 5.89 Å². The Morgan fingerprint density at radius 3 is 2.56 bits per heavy atom. The predicted molar refractivity (Wildman–Crippen MR) is 100.0 cm³/mol. The number of benzene rings is 2. The first-order valence-electron chi connectivity index (χ1n) is 8.02. The van der Waals surface area contributed by atoms with Crippen LogP contribution in [0.25, 0.3) is 11.5 Å². The summed E-state index contributed by atoms with van der Waals surface area (Å²) in [6.45, 7) is 2.53. The van der Waals surface area contributed by atoms with E-state index in [-0.39, 0.29) is 12.4 Å². The van der Waals surface area contributed by atoms with Crippen molar-refractivity contribution in [2.45, 2.75) is 26.0 Å². The molecule has 5 nitrogen and oxygen atoms in total. The van der Waals surface area contributed by atoms with Gasteiger partial charge in [-0.25, -0.2) is 0 Å². The van der Waals surface area contributed by atoms with Crippen molar-refractivity contribution in [2.24, 2.45) is 0 Å². The van der Waals surface area contributed by atoms with Crippen molar-refractivity contribution >= 4 is 12.4 Å². The van der Waals surface area contributed by atoms with Gasteiger partial charge in [0, 0.05) is 23.6 Å². The van der Waals surface area contributed by atoms with Gasteiger partial charge in [-0.15, -0.1) is 12.4 Å². The lowest BCUT2D eigenvalue weighted by Gasteiger charge is -2.08. The van der Waals surface area contributed by atoms with Crippen molar-refractivity contribution < 1.29 is 9.26 Å². The number of hydrogen-bond acceptors (Lipinski definition) is 5. The van der Waals surface area contributed by atoms with Crippen LogP contribution in [0.4, 0.5) is 0 Å². The minimum atomic E-state index is 0. The van der Waals surface area contributed by atoms with Gasteiger partial charge in [0.15, 0.2) is 5.82 Å². The van der Waals surface area contributed by atoms with E-state index in [9.17, 15) is 0 Å². The van der Waals surface area contributed by atoms with E-state index in [0.717, 1.165) is 23.3 Å². The van der Waals surface area contributed by atoms with Crippen LogP contribution in [-0.2, 0) is 13.0 Å². The molecule has 25 heavy (non-hydrogen) atoms. The fourth-order valence-electron chi connectivity index (χ4n) is 2.35. The molecule has 1 heterocycles. The van der Waals surface area contributed by atoms with Gasteiger partial charge in [0.1, 0.15) is 12.4 Å². The molecular weight excluding hydrogens is 338 g/mol. The zero-order chi connectivity index (χ0) is 16.8. The number of hydrogen-bond donors (Lipinski definition) is 1. The number of para-hydroxylation sites is 1. The van der Waals surface area contributed by atoms with Crippen molar-refractivity contribution in [3.05, 3.63) is 66.0 Å². The number of aromatic nitrogens is 2. The topological polar surface area (TPSA) is 60.2 Å². The largest absolute Gasteiger partial charge is 0.489 e. The summed E-state index contributed by atoms with van der Waals surface area (Å²) in [5, 5.41) is 7.24. The molecule has 0 amide bonds. The Kier molecular flexibility index (Phi) is 6.98. The molecule has 0 radical (unpaired) electrons.